The molecule has 1 N–H and O–H groups in total. The number of nitrogens with zero attached hydrogens (tertiary/aromatic N) is 2. The first kappa shape index (κ1) is 14.2. The van der Waals surface area contributed by atoms with Gasteiger partial charge in [-0.3, -0.25) is 0 Å². The summed E-state index contributed by atoms with van der Waals surface area (Å²) in [6.45, 7) is 0. The summed E-state index contributed by atoms with van der Waals surface area (Å²) in [4.78, 5) is 6.40. The maximum atomic E-state index is 10.3. The van der Waals surface area contributed by atoms with Crippen LogP contribution >= 0.6 is 0 Å². The van der Waals surface area contributed by atoms with Gasteiger partial charge in [-0.15, -0.1) is 0 Å². The highest BCUT2D eigenvalue weighted by molar-refractivity contribution is 6.02. The third-order valence-corrected chi connectivity index (χ3v) is 3.74. The molecule has 4 heteroatoms. The monoisotopic (exact) mass is 294 g/mol. The maximum absolute atomic E-state index is 10.3. The van der Waals surface area contributed by atoms with E-state index >= 15 is 0 Å². The fourth-order valence-electron chi connectivity index (χ4n) is 2.58. The van der Waals surface area contributed by atoms with Crippen LogP contribution in [0.25, 0.3) is 21.9 Å². The molecule has 3 rings (SSSR count). The number of hydrogen-bond acceptors (Lipinski definition) is 4. The fourth-order valence-corrected chi connectivity index (χ4v) is 2.58. The Kier molecular flexibility index (Phi) is 3.59. The Labute approximate surface area is 129 Å². The molecule has 0 atom stereocenters. The number of methoxy groups -OCH3 is 1. The van der Waals surface area contributed by atoms with E-state index < -0.39 is 0 Å². The number of aromatic hydroxyl groups is 1. The predicted octanol–water partition coefficient (Wildman–Crippen LogP) is 3.68. The minimum Gasteiger partial charge on any atom is -0.507 e. The molecule has 0 fully saturated rings. The van der Waals surface area contributed by atoms with E-state index in [0.717, 1.165) is 27.6 Å². The lowest BCUT2D eigenvalue weighted by molar-refractivity contribution is 0.403. The summed E-state index contributed by atoms with van der Waals surface area (Å²) in [5.74, 6) is 0.740. The first-order valence-corrected chi connectivity index (χ1v) is 7.04. The topological polar surface area (TPSA) is 45.6 Å². The molecule has 1 aromatic heterocycles. The van der Waals surface area contributed by atoms with Crippen molar-refractivity contribution in [1.29, 1.82) is 0 Å². The van der Waals surface area contributed by atoms with Gasteiger partial charge in [-0.2, -0.15) is 0 Å². The highest BCUT2D eigenvalue weighted by Crippen LogP contribution is 2.38. The van der Waals surface area contributed by atoms with Gasteiger partial charge in [-0.05, 0) is 29.8 Å². The molecule has 2 aromatic carbocycles. The van der Waals surface area contributed by atoms with Gasteiger partial charge >= 0.3 is 0 Å². The lowest BCUT2D eigenvalue weighted by Gasteiger charge is -2.14. The van der Waals surface area contributed by atoms with Gasteiger partial charge in [0.15, 0.2) is 0 Å². The van der Waals surface area contributed by atoms with E-state index in [2.05, 4.69) is 4.98 Å². The van der Waals surface area contributed by atoms with Crippen LogP contribution in [0.15, 0.2) is 48.7 Å². The van der Waals surface area contributed by atoms with Crippen LogP contribution in [0.3, 0.4) is 0 Å². The Morgan fingerprint density at radius 2 is 1.77 bits per heavy atom. The SMILES string of the molecule is COc1ncc(-c2ccc(N(C)C)cc2)c2c(O)cccc12. The van der Waals surface area contributed by atoms with Gasteiger partial charge in [0.2, 0.25) is 5.88 Å². The lowest BCUT2D eigenvalue weighted by atomic mass is 9.99. The van der Waals surface area contributed by atoms with Crippen molar-refractivity contribution in [2.24, 2.45) is 0 Å². The van der Waals surface area contributed by atoms with E-state index in [1.54, 1.807) is 25.4 Å². The molecular weight excluding hydrogens is 276 g/mol. The average Bonchev–Trinajstić information content (AvgIpc) is 2.54. The third kappa shape index (κ3) is 2.33. The number of benzene rings is 2. The second-order valence-electron chi connectivity index (χ2n) is 5.32. The largest absolute Gasteiger partial charge is 0.507 e. The number of anilines is 1. The Morgan fingerprint density at radius 3 is 2.41 bits per heavy atom. The van der Waals surface area contributed by atoms with Gasteiger partial charge in [0, 0.05) is 42.3 Å². The van der Waals surface area contributed by atoms with Crippen molar-refractivity contribution in [1.82, 2.24) is 4.98 Å². The van der Waals surface area contributed by atoms with Crippen molar-refractivity contribution in [2.45, 2.75) is 0 Å². The molecule has 0 aliphatic rings. The predicted molar refractivity (Wildman–Crippen MR) is 89.7 cm³/mol. The Hall–Kier alpha value is -2.75. The van der Waals surface area contributed by atoms with Crippen LogP contribution in [0.5, 0.6) is 11.6 Å². The number of aromatic nitrogens is 1. The van der Waals surface area contributed by atoms with Gasteiger partial charge in [0.25, 0.3) is 0 Å². The summed E-state index contributed by atoms with van der Waals surface area (Å²) in [6.07, 6.45) is 1.74. The quantitative estimate of drug-likeness (QED) is 0.800. The molecule has 1 heterocycles. The van der Waals surface area contributed by atoms with Gasteiger partial charge in [0.05, 0.1) is 7.11 Å². The summed E-state index contributed by atoms with van der Waals surface area (Å²) < 4.78 is 5.30. The van der Waals surface area contributed by atoms with Crippen molar-refractivity contribution >= 4 is 16.5 Å². The first-order valence-electron chi connectivity index (χ1n) is 7.04. The molecule has 22 heavy (non-hydrogen) atoms. The number of phenols is 1. The summed E-state index contributed by atoms with van der Waals surface area (Å²) >= 11 is 0. The van der Waals surface area contributed by atoms with Crippen LogP contribution in [-0.2, 0) is 0 Å². The van der Waals surface area contributed by atoms with Gasteiger partial charge in [0.1, 0.15) is 5.75 Å². The maximum Gasteiger partial charge on any atom is 0.221 e. The minimum absolute atomic E-state index is 0.227. The van der Waals surface area contributed by atoms with Crippen LogP contribution < -0.4 is 9.64 Å². The Bertz CT molecular complexity index is 811. The van der Waals surface area contributed by atoms with Crippen molar-refractivity contribution in [3.63, 3.8) is 0 Å². The normalized spacial score (nSPS) is 10.7. The van der Waals surface area contributed by atoms with Gasteiger partial charge in [-0.1, -0.05) is 18.2 Å². The van der Waals surface area contributed by atoms with Crippen LogP contribution in [0.2, 0.25) is 0 Å². The van der Waals surface area contributed by atoms with E-state index in [1.807, 2.05) is 49.3 Å². The molecule has 0 aliphatic carbocycles. The van der Waals surface area contributed by atoms with Crippen LogP contribution in [-0.4, -0.2) is 31.3 Å². The number of hydrogen-bond donors (Lipinski definition) is 1. The van der Waals surface area contributed by atoms with E-state index in [9.17, 15) is 5.11 Å². The molecule has 0 aliphatic heterocycles. The van der Waals surface area contributed by atoms with Crippen molar-refractivity contribution in [3.05, 3.63) is 48.7 Å². The number of fused-ring (bicyclic) bond motifs is 1. The van der Waals surface area contributed by atoms with Crippen molar-refractivity contribution < 1.29 is 9.84 Å². The van der Waals surface area contributed by atoms with E-state index in [4.69, 9.17) is 4.74 Å². The zero-order valence-corrected chi connectivity index (χ0v) is 12.9. The number of phenolic OH excluding ortho intramolecular Hbond substituents is 1. The average molecular weight is 294 g/mol. The van der Waals surface area contributed by atoms with Gasteiger partial charge in [-0.25, -0.2) is 4.98 Å². The minimum atomic E-state index is 0.227. The standard InChI is InChI=1S/C18H18N2O2/c1-20(2)13-9-7-12(8-10-13)15-11-19-18(22-3)14-5-4-6-16(21)17(14)15/h4-11,21H,1-3H3. The molecule has 0 radical (unpaired) electrons. The Balaban J connectivity index is 2.23. The molecule has 4 nitrogen and oxygen atoms in total. The van der Waals surface area contributed by atoms with Crippen molar-refractivity contribution in [3.8, 4) is 22.8 Å². The Morgan fingerprint density at radius 1 is 1.05 bits per heavy atom. The van der Waals surface area contributed by atoms with E-state index in [-0.39, 0.29) is 5.75 Å². The highest BCUT2D eigenvalue weighted by Gasteiger charge is 2.13. The molecule has 0 spiro atoms. The van der Waals surface area contributed by atoms with Gasteiger partial charge < -0.3 is 14.7 Å². The number of ether oxygens (including phenoxy) is 1. The van der Waals surface area contributed by atoms with Crippen LogP contribution in [0, 0.1) is 0 Å². The van der Waals surface area contributed by atoms with E-state index in [0.29, 0.717) is 5.88 Å². The second-order valence-corrected chi connectivity index (χ2v) is 5.32. The molecular formula is C18H18N2O2. The zero-order chi connectivity index (χ0) is 15.7. The molecule has 0 bridgehead atoms. The molecule has 3 aromatic rings. The zero-order valence-electron chi connectivity index (χ0n) is 12.9. The summed E-state index contributed by atoms with van der Waals surface area (Å²) in [5.41, 5.74) is 3.02. The highest BCUT2D eigenvalue weighted by atomic mass is 16.5. The number of rotatable bonds is 3. The number of pyridine rings is 1. The fraction of sp³-hybridized carbons (Fsp3) is 0.167. The third-order valence-electron chi connectivity index (χ3n) is 3.74. The first-order chi connectivity index (χ1) is 10.6. The smallest absolute Gasteiger partial charge is 0.221 e. The molecule has 112 valence electrons. The molecule has 0 saturated heterocycles. The molecule has 0 unspecified atom stereocenters. The summed E-state index contributed by atoms with van der Waals surface area (Å²) in [7, 11) is 5.59. The van der Waals surface area contributed by atoms with Crippen LogP contribution in [0.4, 0.5) is 5.69 Å². The van der Waals surface area contributed by atoms with Crippen LogP contribution in [0.1, 0.15) is 0 Å². The second kappa shape index (κ2) is 5.56. The van der Waals surface area contributed by atoms with Crippen molar-refractivity contribution in [2.75, 3.05) is 26.1 Å². The van der Waals surface area contributed by atoms with E-state index in [1.165, 1.54) is 0 Å². The lowest BCUT2D eigenvalue weighted by Crippen LogP contribution is -2.07. The summed E-state index contributed by atoms with van der Waals surface area (Å²) in [6, 6.07) is 13.5. The molecule has 0 amide bonds. The molecule has 0 saturated carbocycles. The summed E-state index contributed by atoms with van der Waals surface area (Å²) in [5, 5.41) is 11.8.